The van der Waals surface area contributed by atoms with E-state index < -0.39 is 5.60 Å². The largest absolute Gasteiger partial charge is 0.444 e. The summed E-state index contributed by atoms with van der Waals surface area (Å²) in [6.45, 7) is 8.39. The fourth-order valence-electron chi connectivity index (χ4n) is 3.95. The van der Waals surface area contributed by atoms with Gasteiger partial charge in [-0.15, -0.1) is 0 Å². The molecule has 2 saturated heterocycles. The number of rotatable bonds is 2. The molecule has 2 atom stereocenters. The van der Waals surface area contributed by atoms with E-state index in [4.69, 9.17) is 4.74 Å². The molecule has 1 aromatic carbocycles. The Morgan fingerprint density at radius 1 is 1.20 bits per heavy atom. The van der Waals surface area contributed by atoms with E-state index in [1.54, 1.807) is 0 Å². The second-order valence-corrected chi connectivity index (χ2v) is 8.16. The van der Waals surface area contributed by atoms with Crippen LogP contribution in [0.1, 0.15) is 32.8 Å². The molecule has 1 amide bonds. The standard InChI is InChI=1S/C20H25N3O2/c1-20(2,3)25-19(24)23-13-17-9-18(23)12-22(17)11-14-4-5-16-10-21-7-6-15(16)8-14/h4-8,10,17-18H,9,11-13H2,1-3H3/t17-,18-/m0/s1. The van der Waals surface area contributed by atoms with Crippen LogP contribution in [-0.4, -0.2) is 51.7 Å². The van der Waals surface area contributed by atoms with Gasteiger partial charge in [0.1, 0.15) is 5.60 Å². The van der Waals surface area contributed by atoms with Gasteiger partial charge in [-0.05, 0) is 50.3 Å². The predicted molar refractivity (Wildman–Crippen MR) is 97.3 cm³/mol. The number of benzene rings is 1. The Morgan fingerprint density at radius 3 is 2.76 bits per heavy atom. The first-order valence-electron chi connectivity index (χ1n) is 8.95. The molecule has 25 heavy (non-hydrogen) atoms. The molecule has 2 aliphatic rings. The van der Waals surface area contributed by atoms with Crippen molar-refractivity contribution in [3.8, 4) is 0 Å². The first-order valence-corrected chi connectivity index (χ1v) is 8.95. The average molecular weight is 339 g/mol. The molecule has 2 bridgehead atoms. The van der Waals surface area contributed by atoms with Crippen molar-refractivity contribution in [1.29, 1.82) is 0 Å². The third kappa shape index (κ3) is 3.33. The molecule has 0 aliphatic carbocycles. The molecular weight excluding hydrogens is 314 g/mol. The van der Waals surface area contributed by atoms with Crippen molar-refractivity contribution in [2.24, 2.45) is 0 Å². The highest BCUT2D eigenvalue weighted by Gasteiger charge is 2.46. The van der Waals surface area contributed by atoms with Gasteiger partial charge in [-0.3, -0.25) is 9.88 Å². The normalized spacial score (nSPS) is 23.4. The molecule has 5 heteroatoms. The van der Waals surface area contributed by atoms with Gasteiger partial charge in [-0.25, -0.2) is 4.79 Å². The molecule has 0 saturated carbocycles. The number of likely N-dealkylation sites (tertiary alicyclic amines) is 2. The molecule has 0 spiro atoms. The number of amides is 1. The lowest BCUT2D eigenvalue weighted by Gasteiger charge is -2.35. The highest BCUT2D eigenvalue weighted by Crippen LogP contribution is 2.33. The molecule has 5 nitrogen and oxygen atoms in total. The van der Waals surface area contributed by atoms with E-state index in [0.717, 1.165) is 26.1 Å². The Kier molecular flexibility index (Phi) is 3.91. The zero-order chi connectivity index (χ0) is 17.6. The van der Waals surface area contributed by atoms with E-state index >= 15 is 0 Å². The highest BCUT2D eigenvalue weighted by molar-refractivity contribution is 5.82. The number of pyridine rings is 1. The Morgan fingerprint density at radius 2 is 2.04 bits per heavy atom. The summed E-state index contributed by atoms with van der Waals surface area (Å²) < 4.78 is 5.54. The van der Waals surface area contributed by atoms with Gasteiger partial charge in [-0.1, -0.05) is 12.1 Å². The number of nitrogens with zero attached hydrogens (tertiary/aromatic N) is 3. The monoisotopic (exact) mass is 339 g/mol. The van der Waals surface area contributed by atoms with Gasteiger partial charge in [0.2, 0.25) is 0 Å². The summed E-state index contributed by atoms with van der Waals surface area (Å²) in [4.78, 5) is 20.9. The molecule has 4 rings (SSSR count). The number of piperazine rings is 1. The van der Waals surface area contributed by atoms with Crippen molar-refractivity contribution >= 4 is 16.9 Å². The zero-order valence-corrected chi connectivity index (χ0v) is 15.1. The summed E-state index contributed by atoms with van der Waals surface area (Å²) in [6.07, 6.45) is 4.62. The van der Waals surface area contributed by atoms with Crippen LogP contribution in [0.15, 0.2) is 36.7 Å². The van der Waals surface area contributed by atoms with Crippen LogP contribution in [0.25, 0.3) is 10.8 Å². The molecule has 2 aliphatic heterocycles. The molecule has 1 aromatic heterocycles. The van der Waals surface area contributed by atoms with Crippen LogP contribution in [0.5, 0.6) is 0 Å². The number of ether oxygens (including phenoxy) is 1. The molecule has 3 heterocycles. The minimum atomic E-state index is -0.432. The predicted octanol–water partition coefficient (Wildman–Crippen LogP) is 3.43. The second-order valence-electron chi connectivity index (χ2n) is 8.16. The Bertz CT molecular complexity index is 799. The number of carbonyl (C=O) groups excluding carboxylic acids is 1. The number of hydrogen-bond donors (Lipinski definition) is 0. The number of carbonyl (C=O) groups is 1. The molecule has 2 fully saturated rings. The third-order valence-corrected chi connectivity index (χ3v) is 5.07. The summed E-state index contributed by atoms with van der Waals surface area (Å²) in [5.41, 5.74) is 0.883. The van der Waals surface area contributed by atoms with Gasteiger partial charge in [0.05, 0.1) is 0 Å². The van der Waals surface area contributed by atoms with Gasteiger partial charge < -0.3 is 9.64 Å². The first-order chi connectivity index (χ1) is 11.9. The minimum Gasteiger partial charge on any atom is -0.444 e. The maximum Gasteiger partial charge on any atom is 0.410 e. The third-order valence-electron chi connectivity index (χ3n) is 5.07. The second kappa shape index (κ2) is 5.99. The number of hydrogen-bond acceptors (Lipinski definition) is 4. The summed E-state index contributed by atoms with van der Waals surface area (Å²) >= 11 is 0. The van der Waals surface area contributed by atoms with E-state index in [-0.39, 0.29) is 12.1 Å². The zero-order valence-electron chi connectivity index (χ0n) is 15.1. The van der Waals surface area contributed by atoms with E-state index in [9.17, 15) is 4.79 Å². The summed E-state index contributed by atoms with van der Waals surface area (Å²) in [7, 11) is 0. The van der Waals surface area contributed by atoms with Crippen LogP contribution >= 0.6 is 0 Å². The SMILES string of the molecule is CC(C)(C)OC(=O)N1C[C@@H]2C[C@H]1CN2Cc1ccc2cnccc2c1. The molecule has 2 aromatic rings. The molecule has 132 valence electrons. The van der Waals surface area contributed by atoms with Gasteiger partial charge in [0.25, 0.3) is 0 Å². The maximum atomic E-state index is 12.3. The summed E-state index contributed by atoms with van der Waals surface area (Å²) in [5.74, 6) is 0. The molecular formula is C20H25N3O2. The van der Waals surface area contributed by atoms with Crippen LogP contribution in [0.4, 0.5) is 4.79 Å². The van der Waals surface area contributed by atoms with Crippen molar-refractivity contribution in [2.45, 2.75) is 51.4 Å². The van der Waals surface area contributed by atoms with Crippen molar-refractivity contribution in [2.75, 3.05) is 13.1 Å². The van der Waals surface area contributed by atoms with Crippen LogP contribution < -0.4 is 0 Å². The van der Waals surface area contributed by atoms with Crippen molar-refractivity contribution in [1.82, 2.24) is 14.8 Å². The summed E-state index contributed by atoms with van der Waals surface area (Å²) in [6, 6.07) is 9.34. The Hall–Kier alpha value is -2.14. The fraction of sp³-hybridized carbons (Fsp3) is 0.500. The molecule has 0 radical (unpaired) electrons. The molecule has 0 N–H and O–H groups in total. The average Bonchev–Trinajstić information content (AvgIpc) is 3.13. The van der Waals surface area contributed by atoms with Gasteiger partial charge >= 0.3 is 6.09 Å². The smallest absolute Gasteiger partial charge is 0.410 e. The number of aromatic nitrogens is 1. The quantitative estimate of drug-likeness (QED) is 0.841. The minimum absolute atomic E-state index is 0.169. The van der Waals surface area contributed by atoms with Crippen LogP contribution in [-0.2, 0) is 11.3 Å². The first kappa shape index (κ1) is 16.3. The van der Waals surface area contributed by atoms with Crippen molar-refractivity contribution in [3.63, 3.8) is 0 Å². The van der Waals surface area contributed by atoms with Gasteiger partial charge in [0, 0.05) is 49.5 Å². The fourth-order valence-corrected chi connectivity index (χ4v) is 3.95. The van der Waals surface area contributed by atoms with Crippen LogP contribution in [0, 0.1) is 0 Å². The Balaban J connectivity index is 1.41. The maximum absolute atomic E-state index is 12.3. The van der Waals surface area contributed by atoms with Crippen molar-refractivity contribution < 1.29 is 9.53 Å². The number of fused-ring (bicyclic) bond motifs is 3. The highest BCUT2D eigenvalue weighted by atomic mass is 16.6. The lowest BCUT2D eigenvalue weighted by Crippen LogP contribution is -2.49. The van der Waals surface area contributed by atoms with Crippen LogP contribution in [0.3, 0.4) is 0 Å². The van der Waals surface area contributed by atoms with E-state index in [0.29, 0.717) is 6.04 Å². The van der Waals surface area contributed by atoms with E-state index in [1.165, 1.54) is 16.3 Å². The summed E-state index contributed by atoms with van der Waals surface area (Å²) in [5, 5.41) is 2.40. The topological polar surface area (TPSA) is 45.7 Å². The van der Waals surface area contributed by atoms with E-state index in [1.807, 2.05) is 38.1 Å². The molecule has 0 unspecified atom stereocenters. The Labute approximate surface area is 148 Å². The van der Waals surface area contributed by atoms with Crippen LogP contribution in [0.2, 0.25) is 0 Å². The lowest BCUT2D eigenvalue weighted by atomic mass is 10.1. The van der Waals surface area contributed by atoms with E-state index in [2.05, 4.69) is 34.1 Å². The van der Waals surface area contributed by atoms with Gasteiger partial charge in [0.15, 0.2) is 0 Å². The van der Waals surface area contributed by atoms with Crippen molar-refractivity contribution in [3.05, 3.63) is 42.2 Å². The van der Waals surface area contributed by atoms with Gasteiger partial charge in [-0.2, -0.15) is 0 Å². The lowest BCUT2D eigenvalue weighted by molar-refractivity contribution is 0.0124.